The molecule has 1 rings (SSSR count). The molecule has 1 amide bonds. The largest absolute Gasteiger partial charge is 0.467 e. The molecule has 0 aliphatic heterocycles. The smallest absolute Gasteiger partial charge is 0.408 e. The van der Waals surface area contributed by atoms with Gasteiger partial charge in [0.25, 0.3) is 0 Å². The fourth-order valence-electron chi connectivity index (χ4n) is 2.21. The highest BCUT2D eigenvalue weighted by Crippen LogP contribution is 2.31. The van der Waals surface area contributed by atoms with Gasteiger partial charge in [0.1, 0.15) is 17.5 Å². The minimum atomic E-state index is -1.18. The lowest BCUT2D eigenvalue weighted by Crippen LogP contribution is -2.45. The molecule has 0 saturated carbocycles. The number of carbonyl (C=O) groups excluding carboxylic acids is 2. The third-order valence-corrected chi connectivity index (χ3v) is 3.38. The minimum Gasteiger partial charge on any atom is -0.467 e. The lowest BCUT2D eigenvalue weighted by Gasteiger charge is -2.23. The molecule has 1 N–H and O–H groups in total. The number of amides is 1. The standard InChI is InChI=1S/C19H28FNO8/c1-19(2,3)29-18(23)21-14(17(22)26-6)7-12-8-15(27-10-24-4)16(9-13(12)20)28-11-25-5/h8-9,14H,7,10-11H2,1-6H3,(H,21,23)/t14-/m0/s1/i20-1. The maximum Gasteiger partial charge on any atom is 0.408 e. The molecule has 0 aliphatic rings. The highest BCUT2D eigenvalue weighted by molar-refractivity contribution is 5.81. The average Bonchev–Trinajstić information content (AvgIpc) is 2.64. The monoisotopic (exact) mass is 416 g/mol. The quantitative estimate of drug-likeness (QED) is 0.458. The van der Waals surface area contributed by atoms with E-state index in [1.807, 2.05) is 0 Å². The fourth-order valence-corrected chi connectivity index (χ4v) is 2.21. The minimum absolute atomic E-state index is 0.0901. The van der Waals surface area contributed by atoms with E-state index in [2.05, 4.69) is 5.32 Å². The Kier molecular flexibility index (Phi) is 9.63. The van der Waals surface area contributed by atoms with E-state index in [4.69, 9.17) is 28.4 Å². The van der Waals surface area contributed by atoms with Crippen molar-refractivity contribution in [2.75, 3.05) is 34.9 Å². The maximum atomic E-state index is 14.6. The summed E-state index contributed by atoms with van der Waals surface area (Å²) in [4.78, 5) is 24.1. The third-order valence-electron chi connectivity index (χ3n) is 3.38. The van der Waals surface area contributed by atoms with E-state index >= 15 is 0 Å². The van der Waals surface area contributed by atoms with Crippen molar-refractivity contribution < 1.29 is 42.4 Å². The summed E-state index contributed by atoms with van der Waals surface area (Å²) in [5.41, 5.74) is -0.676. The highest BCUT2D eigenvalue weighted by Gasteiger charge is 2.27. The zero-order valence-corrected chi connectivity index (χ0v) is 17.5. The Morgan fingerprint density at radius 2 is 1.59 bits per heavy atom. The van der Waals surface area contributed by atoms with Crippen LogP contribution in [0.25, 0.3) is 0 Å². The van der Waals surface area contributed by atoms with E-state index < -0.39 is 29.5 Å². The maximum absolute atomic E-state index is 14.6. The van der Waals surface area contributed by atoms with E-state index in [1.54, 1.807) is 20.8 Å². The number of halogens is 1. The van der Waals surface area contributed by atoms with Crippen LogP contribution in [0.1, 0.15) is 26.3 Å². The van der Waals surface area contributed by atoms with Crippen LogP contribution in [0.3, 0.4) is 0 Å². The van der Waals surface area contributed by atoms with Crippen LogP contribution < -0.4 is 14.8 Å². The first-order valence-corrected chi connectivity index (χ1v) is 8.74. The Bertz CT molecular complexity index is 690. The number of carbonyl (C=O) groups is 2. The summed E-state index contributed by atoms with van der Waals surface area (Å²) in [6.45, 7) is 4.81. The van der Waals surface area contributed by atoms with Crippen molar-refractivity contribution >= 4 is 12.1 Å². The molecule has 9 nitrogen and oxygen atoms in total. The molecule has 164 valence electrons. The Labute approximate surface area is 169 Å². The van der Waals surface area contributed by atoms with Crippen molar-refractivity contribution in [1.29, 1.82) is 0 Å². The van der Waals surface area contributed by atoms with Crippen molar-refractivity contribution in [1.82, 2.24) is 5.32 Å². The molecule has 0 unspecified atom stereocenters. The van der Waals surface area contributed by atoms with Gasteiger partial charge in [0, 0.05) is 26.7 Å². The van der Waals surface area contributed by atoms with Gasteiger partial charge in [-0.15, -0.1) is 0 Å². The van der Waals surface area contributed by atoms with Crippen molar-refractivity contribution in [3.63, 3.8) is 0 Å². The third kappa shape index (κ3) is 8.53. The Morgan fingerprint density at radius 1 is 1.03 bits per heavy atom. The molecule has 0 heterocycles. The fraction of sp³-hybridized carbons (Fsp3) is 0.579. The van der Waals surface area contributed by atoms with Crippen LogP contribution in [0.5, 0.6) is 11.5 Å². The molecule has 0 bridgehead atoms. The molecule has 10 heteroatoms. The van der Waals surface area contributed by atoms with Crippen molar-refractivity contribution in [3.05, 3.63) is 23.5 Å². The molecule has 1 atom stereocenters. The summed E-state index contributed by atoms with van der Waals surface area (Å²) in [5, 5.41) is 2.39. The van der Waals surface area contributed by atoms with Crippen molar-refractivity contribution in [2.45, 2.75) is 38.8 Å². The number of rotatable bonds is 10. The first kappa shape index (κ1) is 24.4. The first-order chi connectivity index (χ1) is 13.6. The van der Waals surface area contributed by atoms with Gasteiger partial charge in [-0.05, 0) is 32.4 Å². The molecule has 0 fully saturated rings. The summed E-state index contributed by atoms with van der Waals surface area (Å²) in [7, 11) is 4.01. The highest BCUT2D eigenvalue weighted by atomic mass is 18.2. The molecule has 0 spiro atoms. The number of nitrogens with one attached hydrogen (secondary N) is 1. The van der Waals surface area contributed by atoms with Gasteiger partial charge in [0.15, 0.2) is 25.1 Å². The van der Waals surface area contributed by atoms with Crippen LogP contribution in [0, 0.1) is 5.82 Å². The second kappa shape index (κ2) is 11.4. The van der Waals surface area contributed by atoms with Gasteiger partial charge in [-0.25, -0.2) is 14.0 Å². The van der Waals surface area contributed by atoms with E-state index in [1.165, 1.54) is 20.3 Å². The van der Waals surface area contributed by atoms with Gasteiger partial charge in [-0.1, -0.05) is 0 Å². The second-order valence-electron chi connectivity index (χ2n) is 6.92. The van der Waals surface area contributed by atoms with Gasteiger partial charge < -0.3 is 33.7 Å². The Balaban J connectivity index is 3.10. The van der Waals surface area contributed by atoms with Gasteiger partial charge in [0.05, 0.1) is 7.11 Å². The zero-order chi connectivity index (χ0) is 22.0. The van der Waals surface area contributed by atoms with Crippen LogP contribution in [0.15, 0.2) is 12.1 Å². The Hall–Kier alpha value is -2.59. The summed E-state index contributed by atoms with van der Waals surface area (Å²) >= 11 is 0. The van der Waals surface area contributed by atoms with Gasteiger partial charge in [0.2, 0.25) is 0 Å². The predicted molar refractivity (Wildman–Crippen MR) is 100 cm³/mol. The van der Waals surface area contributed by atoms with Gasteiger partial charge in [-0.3, -0.25) is 0 Å². The molecule has 0 aromatic heterocycles. The number of alkyl carbamates (subject to hydrolysis) is 1. The van der Waals surface area contributed by atoms with E-state index in [0.717, 1.165) is 13.2 Å². The van der Waals surface area contributed by atoms with Crippen LogP contribution >= 0.6 is 0 Å². The zero-order valence-electron chi connectivity index (χ0n) is 17.5. The number of methoxy groups -OCH3 is 3. The Morgan fingerprint density at radius 3 is 2.07 bits per heavy atom. The molecular formula is C19H28FNO8. The molecule has 1 aromatic carbocycles. The van der Waals surface area contributed by atoms with Gasteiger partial charge >= 0.3 is 12.1 Å². The van der Waals surface area contributed by atoms with Crippen molar-refractivity contribution in [3.8, 4) is 11.5 Å². The topological polar surface area (TPSA) is 102 Å². The van der Waals surface area contributed by atoms with Crippen LogP contribution in [-0.4, -0.2) is 58.6 Å². The SMILES string of the molecule is COCOc1cc([18F])c(C[C@H](NC(=O)OC(C)(C)C)C(=O)OC)cc1OCOC. The molecule has 1 aromatic rings. The van der Waals surface area contributed by atoms with E-state index in [0.29, 0.717) is 0 Å². The van der Waals surface area contributed by atoms with E-state index in [-0.39, 0.29) is 37.1 Å². The van der Waals surface area contributed by atoms with Gasteiger partial charge in [-0.2, -0.15) is 0 Å². The average molecular weight is 416 g/mol. The predicted octanol–water partition coefficient (Wildman–Crippen LogP) is 2.40. The number of hydrogen-bond acceptors (Lipinski definition) is 8. The molecule has 0 radical (unpaired) electrons. The number of benzene rings is 1. The summed E-state index contributed by atoms with van der Waals surface area (Å²) in [6.07, 6.45) is -1.03. The first-order valence-electron chi connectivity index (χ1n) is 8.74. The van der Waals surface area contributed by atoms with Crippen LogP contribution in [0.4, 0.5) is 9.18 Å². The molecule has 29 heavy (non-hydrogen) atoms. The second-order valence-corrected chi connectivity index (χ2v) is 6.92. The number of ether oxygens (including phenoxy) is 6. The summed E-state index contributed by atoms with van der Waals surface area (Å²) < 4.78 is 44.8. The number of hydrogen-bond donors (Lipinski definition) is 1. The summed E-state index contributed by atoms with van der Waals surface area (Å²) in [6, 6.07) is 1.28. The molecular weight excluding hydrogens is 388 g/mol. The van der Waals surface area contributed by atoms with Crippen LogP contribution in [0.2, 0.25) is 0 Å². The van der Waals surface area contributed by atoms with E-state index in [9.17, 15) is 14.0 Å². The molecule has 0 aliphatic carbocycles. The molecule has 0 saturated heterocycles. The van der Waals surface area contributed by atoms with Crippen molar-refractivity contribution in [2.24, 2.45) is 0 Å². The summed E-state index contributed by atoms with van der Waals surface area (Å²) in [5.74, 6) is -1.14. The lowest BCUT2D eigenvalue weighted by molar-refractivity contribution is -0.143. The lowest BCUT2D eigenvalue weighted by atomic mass is 10.0. The van der Waals surface area contributed by atoms with Crippen LogP contribution in [-0.2, 0) is 30.2 Å². The number of esters is 1. The normalized spacial score (nSPS) is 12.1.